The highest BCUT2D eigenvalue weighted by Gasteiger charge is 2.23. The monoisotopic (exact) mass is 274 g/mol. The van der Waals surface area contributed by atoms with Gasteiger partial charge in [0.05, 0.1) is 16.7 Å². The zero-order valence-corrected chi connectivity index (χ0v) is 11.0. The van der Waals surface area contributed by atoms with Gasteiger partial charge in [0.1, 0.15) is 5.75 Å². The Hall–Kier alpha value is -0.480. The van der Waals surface area contributed by atoms with Crippen molar-refractivity contribution in [3.8, 4) is 5.75 Å². The van der Waals surface area contributed by atoms with E-state index in [0.717, 1.165) is 5.56 Å². The molecule has 1 aromatic rings. The second kappa shape index (κ2) is 5.44. The van der Waals surface area contributed by atoms with Crippen LogP contribution in [0.1, 0.15) is 24.4 Å². The lowest BCUT2D eigenvalue weighted by Gasteiger charge is -2.16. The molecule has 0 saturated heterocycles. The number of ether oxygens (including phenoxy) is 1. The van der Waals surface area contributed by atoms with Crippen LogP contribution in [0.4, 0.5) is 0 Å². The van der Waals surface area contributed by atoms with Crippen LogP contribution in [0.25, 0.3) is 0 Å². The molecule has 5 heteroatoms. The molecule has 1 aliphatic rings. The third-order valence-corrected chi connectivity index (χ3v) is 3.60. The van der Waals surface area contributed by atoms with Crippen molar-refractivity contribution in [2.75, 3.05) is 13.2 Å². The smallest absolute Gasteiger partial charge is 0.125 e. The lowest BCUT2D eigenvalue weighted by Crippen LogP contribution is -2.21. The van der Waals surface area contributed by atoms with Gasteiger partial charge >= 0.3 is 0 Å². The fraction of sp³-hybridized carbons (Fsp3) is 0.500. The standard InChI is InChI=1S/C12H16Cl2N2O/c13-9-3-8(11(16)5-15)12(4-10(9)14)17-6-7-1-2-7/h3-4,7,11H,1-2,5-6,15-16H2. The van der Waals surface area contributed by atoms with Crippen molar-refractivity contribution in [2.24, 2.45) is 17.4 Å². The summed E-state index contributed by atoms with van der Waals surface area (Å²) in [5, 5.41) is 0.953. The second-order valence-electron chi connectivity index (χ2n) is 4.40. The van der Waals surface area contributed by atoms with Crippen LogP contribution in [0.5, 0.6) is 5.75 Å². The summed E-state index contributed by atoms with van der Waals surface area (Å²) in [6.45, 7) is 1.06. The topological polar surface area (TPSA) is 61.3 Å². The Balaban J connectivity index is 2.22. The van der Waals surface area contributed by atoms with Gasteiger partial charge in [-0.05, 0) is 24.8 Å². The summed E-state index contributed by atoms with van der Waals surface area (Å²) in [6, 6.07) is 3.18. The van der Waals surface area contributed by atoms with E-state index in [4.69, 9.17) is 39.4 Å². The van der Waals surface area contributed by atoms with Crippen molar-refractivity contribution < 1.29 is 4.74 Å². The second-order valence-corrected chi connectivity index (χ2v) is 5.22. The highest BCUT2D eigenvalue weighted by atomic mass is 35.5. The minimum Gasteiger partial charge on any atom is -0.493 e. The predicted molar refractivity (Wildman–Crippen MR) is 70.7 cm³/mol. The Kier molecular flexibility index (Phi) is 4.15. The molecule has 0 aromatic heterocycles. The van der Waals surface area contributed by atoms with Gasteiger partial charge in [0.25, 0.3) is 0 Å². The molecule has 17 heavy (non-hydrogen) atoms. The molecular weight excluding hydrogens is 259 g/mol. The van der Waals surface area contributed by atoms with E-state index >= 15 is 0 Å². The SMILES string of the molecule is NCC(N)c1cc(Cl)c(Cl)cc1OCC1CC1. The Morgan fingerprint density at radius 1 is 1.29 bits per heavy atom. The summed E-state index contributed by atoms with van der Waals surface area (Å²) in [7, 11) is 0. The van der Waals surface area contributed by atoms with Crippen LogP contribution in [-0.2, 0) is 0 Å². The average Bonchev–Trinajstić information content (AvgIpc) is 3.13. The molecule has 2 rings (SSSR count). The summed E-state index contributed by atoms with van der Waals surface area (Å²) >= 11 is 12.0. The van der Waals surface area contributed by atoms with Gasteiger partial charge in [-0.25, -0.2) is 0 Å². The van der Waals surface area contributed by atoms with Gasteiger partial charge in [0, 0.05) is 24.2 Å². The van der Waals surface area contributed by atoms with Crippen molar-refractivity contribution >= 4 is 23.2 Å². The lowest BCUT2D eigenvalue weighted by molar-refractivity contribution is 0.295. The highest BCUT2D eigenvalue weighted by Crippen LogP contribution is 2.35. The zero-order valence-electron chi connectivity index (χ0n) is 9.46. The molecule has 0 aliphatic heterocycles. The molecule has 1 aliphatic carbocycles. The third kappa shape index (κ3) is 3.26. The molecule has 3 nitrogen and oxygen atoms in total. The first-order valence-electron chi connectivity index (χ1n) is 5.69. The maximum Gasteiger partial charge on any atom is 0.125 e. The molecule has 0 heterocycles. The number of nitrogens with two attached hydrogens (primary N) is 2. The third-order valence-electron chi connectivity index (χ3n) is 2.88. The van der Waals surface area contributed by atoms with Gasteiger partial charge in [0.2, 0.25) is 0 Å². The Bertz CT molecular complexity index is 408. The first-order valence-corrected chi connectivity index (χ1v) is 6.44. The molecule has 0 bridgehead atoms. The molecule has 0 spiro atoms. The summed E-state index contributed by atoms with van der Waals surface area (Å²) in [6.07, 6.45) is 2.47. The van der Waals surface area contributed by atoms with E-state index in [2.05, 4.69) is 0 Å². The van der Waals surface area contributed by atoms with Crippen LogP contribution in [0, 0.1) is 5.92 Å². The van der Waals surface area contributed by atoms with Crippen molar-refractivity contribution in [3.05, 3.63) is 27.7 Å². The van der Waals surface area contributed by atoms with Crippen LogP contribution in [0.2, 0.25) is 10.0 Å². The minimum atomic E-state index is -0.279. The molecule has 4 N–H and O–H groups in total. The van der Waals surface area contributed by atoms with Crippen LogP contribution < -0.4 is 16.2 Å². The molecule has 1 saturated carbocycles. The van der Waals surface area contributed by atoms with Crippen LogP contribution in [0.15, 0.2) is 12.1 Å². The van der Waals surface area contributed by atoms with Gasteiger partial charge < -0.3 is 16.2 Å². The summed E-state index contributed by atoms with van der Waals surface area (Å²) in [5.41, 5.74) is 12.3. The summed E-state index contributed by atoms with van der Waals surface area (Å²) in [5.74, 6) is 1.37. The quantitative estimate of drug-likeness (QED) is 0.868. The largest absolute Gasteiger partial charge is 0.493 e. The first kappa shape index (κ1) is 13.0. The summed E-state index contributed by atoms with van der Waals surface area (Å²) in [4.78, 5) is 0. The van der Waals surface area contributed by atoms with Crippen molar-refractivity contribution in [1.29, 1.82) is 0 Å². The van der Waals surface area contributed by atoms with Crippen molar-refractivity contribution in [2.45, 2.75) is 18.9 Å². The maximum atomic E-state index is 5.98. The molecule has 1 aromatic carbocycles. The van der Waals surface area contributed by atoms with Gasteiger partial charge in [-0.1, -0.05) is 23.2 Å². The molecule has 0 radical (unpaired) electrons. The predicted octanol–water partition coefficient (Wildman–Crippen LogP) is 2.74. The Labute approximate surface area is 111 Å². The Morgan fingerprint density at radius 2 is 1.94 bits per heavy atom. The van der Waals surface area contributed by atoms with Gasteiger partial charge in [-0.2, -0.15) is 0 Å². The normalized spacial score (nSPS) is 16.9. The van der Waals surface area contributed by atoms with Gasteiger partial charge in [-0.15, -0.1) is 0 Å². The van der Waals surface area contributed by atoms with Gasteiger partial charge in [0.15, 0.2) is 0 Å². The Morgan fingerprint density at radius 3 is 2.53 bits per heavy atom. The lowest BCUT2D eigenvalue weighted by atomic mass is 10.1. The van der Waals surface area contributed by atoms with E-state index in [1.54, 1.807) is 12.1 Å². The molecule has 94 valence electrons. The van der Waals surface area contributed by atoms with Crippen LogP contribution in [0.3, 0.4) is 0 Å². The molecule has 1 unspecified atom stereocenters. The maximum absolute atomic E-state index is 5.98. The van der Waals surface area contributed by atoms with E-state index in [-0.39, 0.29) is 6.04 Å². The van der Waals surface area contributed by atoms with E-state index < -0.39 is 0 Å². The number of benzene rings is 1. The van der Waals surface area contributed by atoms with Gasteiger partial charge in [-0.3, -0.25) is 0 Å². The minimum absolute atomic E-state index is 0.279. The average molecular weight is 275 g/mol. The van der Waals surface area contributed by atoms with Crippen molar-refractivity contribution in [1.82, 2.24) is 0 Å². The fourth-order valence-corrected chi connectivity index (χ4v) is 1.90. The van der Waals surface area contributed by atoms with Crippen LogP contribution in [-0.4, -0.2) is 13.2 Å². The number of hydrogen-bond donors (Lipinski definition) is 2. The first-order chi connectivity index (χ1) is 8.11. The van der Waals surface area contributed by atoms with E-state index in [0.29, 0.717) is 34.9 Å². The number of hydrogen-bond acceptors (Lipinski definition) is 3. The molecular formula is C12H16Cl2N2O. The zero-order chi connectivity index (χ0) is 12.4. The highest BCUT2D eigenvalue weighted by molar-refractivity contribution is 6.42. The number of halogens is 2. The fourth-order valence-electron chi connectivity index (χ4n) is 1.58. The van der Waals surface area contributed by atoms with E-state index in [9.17, 15) is 0 Å². The summed E-state index contributed by atoms with van der Waals surface area (Å²) < 4.78 is 5.74. The molecule has 1 atom stereocenters. The van der Waals surface area contributed by atoms with Crippen molar-refractivity contribution in [3.63, 3.8) is 0 Å². The molecule has 1 fully saturated rings. The van der Waals surface area contributed by atoms with E-state index in [1.807, 2.05) is 0 Å². The molecule has 0 amide bonds. The van der Waals surface area contributed by atoms with Crippen LogP contribution >= 0.6 is 23.2 Å². The number of rotatable bonds is 5. The van der Waals surface area contributed by atoms with E-state index in [1.165, 1.54) is 12.8 Å².